The van der Waals surface area contributed by atoms with Crippen molar-refractivity contribution < 1.29 is 23.9 Å². The van der Waals surface area contributed by atoms with E-state index in [1.54, 1.807) is 4.90 Å². The van der Waals surface area contributed by atoms with Gasteiger partial charge in [0.05, 0.1) is 13.2 Å². The molecule has 0 bridgehead atoms. The molecule has 1 aliphatic heterocycles. The van der Waals surface area contributed by atoms with Crippen molar-refractivity contribution in [3.05, 3.63) is 59.3 Å². The van der Waals surface area contributed by atoms with Crippen molar-refractivity contribution in [1.29, 1.82) is 0 Å². The van der Waals surface area contributed by atoms with Gasteiger partial charge in [-0.25, -0.2) is 0 Å². The Hall–Kier alpha value is -3.35. The van der Waals surface area contributed by atoms with Gasteiger partial charge in [0.1, 0.15) is 0 Å². The average molecular weight is 457 g/mol. The summed E-state index contributed by atoms with van der Waals surface area (Å²) in [4.78, 5) is 38.7. The maximum atomic E-state index is 12.7. The monoisotopic (exact) mass is 456 g/mol. The van der Waals surface area contributed by atoms with E-state index in [0.29, 0.717) is 6.54 Å². The number of H-pyrrole nitrogens is 1. The van der Waals surface area contributed by atoms with E-state index in [0.717, 1.165) is 23.2 Å². The van der Waals surface area contributed by atoms with Gasteiger partial charge in [-0.2, -0.15) is 0 Å². The Morgan fingerprint density at radius 1 is 1.12 bits per heavy atom. The molecule has 0 spiro atoms. The lowest BCUT2D eigenvalue weighted by Gasteiger charge is -2.36. The highest BCUT2D eigenvalue weighted by Gasteiger charge is 2.34. The number of hydrogen-bond donors (Lipinski definition) is 1. The van der Waals surface area contributed by atoms with Crippen LogP contribution in [0, 0.1) is 0 Å². The largest absolute Gasteiger partial charge is 0.469 e. The highest BCUT2D eigenvalue weighted by Crippen LogP contribution is 2.38. The third kappa shape index (κ3) is 7.34. The number of nitrogens with zero attached hydrogens (tertiary/aromatic N) is 1. The minimum absolute atomic E-state index is 0.182. The Balaban J connectivity index is 0.000000689. The Morgan fingerprint density at radius 2 is 1.76 bits per heavy atom. The second-order valence-electron chi connectivity index (χ2n) is 7.07. The number of carbonyl (C=O) groups is 3. The van der Waals surface area contributed by atoms with Crippen LogP contribution < -0.4 is 0 Å². The number of esters is 2. The number of nitrogens with one attached hydrogen (secondary N) is 1. The highest BCUT2D eigenvalue weighted by atomic mass is 16.5. The first kappa shape index (κ1) is 27.7. The average Bonchev–Trinajstić information content (AvgIpc) is 3.21. The Bertz CT molecular complexity index is 1000. The molecule has 0 fully saturated rings. The summed E-state index contributed by atoms with van der Waals surface area (Å²) < 4.78 is 9.06. The van der Waals surface area contributed by atoms with E-state index in [4.69, 9.17) is 4.74 Å². The van der Waals surface area contributed by atoms with Crippen LogP contribution in [-0.4, -0.2) is 48.0 Å². The third-order valence-corrected chi connectivity index (χ3v) is 5.05. The molecule has 0 aliphatic carbocycles. The fraction of sp³-hybridized carbons (Fsp3) is 0.423. The summed E-state index contributed by atoms with van der Waals surface area (Å²) in [6.45, 7) is 11.0. The van der Waals surface area contributed by atoms with Gasteiger partial charge in [0.25, 0.3) is 5.91 Å². The number of para-hydroxylation sites is 1. The molecule has 2 aromatic rings. The molecule has 7 heteroatoms. The van der Waals surface area contributed by atoms with Gasteiger partial charge in [-0.05, 0) is 37.5 Å². The second-order valence-corrected chi connectivity index (χ2v) is 7.07. The van der Waals surface area contributed by atoms with Gasteiger partial charge in [0.2, 0.25) is 0 Å². The molecular formula is C26H36N2O5. The van der Waals surface area contributed by atoms with Gasteiger partial charge < -0.3 is 19.4 Å². The van der Waals surface area contributed by atoms with Crippen LogP contribution in [0.3, 0.4) is 0 Å². The number of rotatable bonds is 4. The quantitative estimate of drug-likeness (QED) is 0.523. The summed E-state index contributed by atoms with van der Waals surface area (Å²) in [5, 5.41) is 1.20. The van der Waals surface area contributed by atoms with Crippen LogP contribution in [0.1, 0.15) is 58.8 Å². The molecule has 1 unspecified atom stereocenters. The van der Waals surface area contributed by atoms with Crippen molar-refractivity contribution in [1.82, 2.24) is 9.88 Å². The first-order chi connectivity index (χ1) is 15.8. The van der Waals surface area contributed by atoms with Crippen LogP contribution in [0.15, 0.2) is 48.1 Å². The maximum Gasteiger partial charge on any atom is 0.303 e. The lowest BCUT2D eigenvalue weighted by atomic mass is 9.91. The topological polar surface area (TPSA) is 88.7 Å². The molecule has 1 N–H and O–H groups in total. The van der Waals surface area contributed by atoms with Gasteiger partial charge in [0, 0.05) is 37.0 Å². The minimum Gasteiger partial charge on any atom is -0.469 e. The first-order valence-corrected chi connectivity index (χ1v) is 11.2. The van der Waals surface area contributed by atoms with Crippen molar-refractivity contribution >= 4 is 28.7 Å². The zero-order chi connectivity index (χ0) is 25.0. The van der Waals surface area contributed by atoms with Crippen molar-refractivity contribution in [3.8, 4) is 0 Å². The first-order valence-electron chi connectivity index (χ1n) is 11.2. The summed E-state index contributed by atoms with van der Waals surface area (Å²) in [5.41, 5.74) is 4.41. The molecule has 33 heavy (non-hydrogen) atoms. The van der Waals surface area contributed by atoms with Gasteiger partial charge in [0.15, 0.2) is 6.61 Å². The molecular weight excluding hydrogens is 420 g/mol. The number of methoxy groups -OCH3 is 1. The molecule has 1 aromatic heterocycles. The lowest BCUT2D eigenvalue weighted by molar-refractivity contribution is -0.151. The van der Waals surface area contributed by atoms with Gasteiger partial charge in [-0.15, -0.1) is 0 Å². The predicted octanol–water partition coefficient (Wildman–Crippen LogP) is 4.88. The van der Waals surface area contributed by atoms with Gasteiger partial charge in [-0.1, -0.05) is 50.3 Å². The van der Waals surface area contributed by atoms with E-state index < -0.39 is 5.97 Å². The van der Waals surface area contributed by atoms with Crippen molar-refractivity contribution in [3.63, 3.8) is 0 Å². The van der Waals surface area contributed by atoms with Crippen LogP contribution in [0.25, 0.3) is 10.9 Å². The summed E-state index contributed by atoms with van der Waals surface area (Å²) in [7, 11) is 1.35. The number of fused-ring (bicyclic) bond motifs is 3. The van der Waals surface area contributed by atoms with E-state index >= 15 is 0 Å². The standard InChI is InChI=1S/C21H24N2O3.C3H6O2.C2H6/c1-4-8-15(5-2)21-20-17(16-9-6-7-10-18(16)22-20)11-12-23(21)19(25)13-26-14(3)24;1-3(4)5-2;1-2/h4-10,21-22H,11-13H2,1-3H3;1-2H3;1-2H3/b8-4-,15-5+;;. The number of aromatic amines is 1. The van der Waals surface area contributed by atoms with E-state index in [1.165, 1.54) is 31.9 Å². The van der Waals surface area contributed by atoms with E-state index in [2.05, 4.69) is 21.9 Å². The minimum atomic E-state index is -0.446. The normalized spacial score (nSPS) is 15.1. The molecule has 0 saturated heterocycles. The number of hydrogen-bond acceptors (Lipinski definition) is 5. The summed E-state index contributed by atoms with van der Waals surface area (Å²) in [6.07, 6.45) is 6.80. The number of carbonyl (C=O) groups excluding carboxylic acids is 3. The van der Waals surface area contributed by atoms with Crippen molar-refractivity contribution in [2.75, 3.05) is 20.3 Å². The van der Waals surface area contributed by atoms with Crippen molar-refractivity contribution in [2.45, 2.75) is 54.0 Å². The van der Waals surface area contributed by atoms with Crippen LogP contribution in [-0.2, 0) is 30.3 Å². The Kier molecular flexibility index (Phi) is 11.7. The molecule has 1 atom stereocenters. The SMILES string of the molecule is C/C=C\C(=C/C)C1c2[nH]c3ccccc3c2CCN1C(=O)COC(C)=O.CC.COC(C)=O. The van der Waals surface area contributed by atoms with Gasteiger partial charge >= 0.3 is 11.9 Å². The molecule has 7 nitrogen and oxygen atoms in total. The van der Waals surface area contributed by atoms with E-state index in [9.17, 15) is 14.4 Å². The number of allylic oxidation sites excluding steroid dienone is 2. The smallest absolute Gasteiger partial charge is 0.303 e. The van der Waals surface area contributed by atoms with Crippen LogP contribution in [0.4, 0.5) is 0 Å². The molecule has 1 amide bonds. The summed E-state index contributed by atoms with van der Waals surface area (Å²) >= 11 is 0. The number of benzene rings is 1. The zero-order valence-corrected chi connectivity index (χ0v) is 20.7. The molecule has 180 valence electrons. The van der Waals surface area contributed by atoms with E-state index in [1.807, 2.05) is 58.1 Å². The number of aromatic nitrogens is 1. The predicted molar refractivity (Wildman–Crippen MR) is 131 cm³/mol. The fourth-order valence-electron chi connectivity index (χ4n) is 3.64. The molecule has 3 rings (SSSR count). The fourth-order valence-corrected chi connectivity index (χ4v) is 3.64. The molecule has 0 saturated carbocycles. The van der Waals surface area contributed by atoms with Crippen LogP contribution in [0.5, 0.6) is 0 Å². The highest BCUT2D eigenvalue weighted by molar-refractivity contribution is 5.87. The number of ether oxygens (including phenoxy) is 2. The maximum absolute atomic E-state index is 12.7. The Morgan fingerprint density at radius 3 is 2.30 bits per heavy atom. The van der Waals surface area contributed by atoms with Crippen LogP contribution in [0.2, 0.25) is 0 Å². The van der Waals surface area contributed by atoms with Crippen molar-refractivity contribution in [2.24, 2.45) is 0 Å². The molecule has 0 radical (unpaired) electrons. The molecule has 1 aromatic carbocycles. The van der Waals surface area contributed by atoms with Crippen LogP contribution >= 0.6 is 0 Å². The zero-order valence-electron chi connectivity index (χ0n) is 20.7. The summed E-state index contributed by atoms with van der Waals surface area (Å²) in [5.74, 6) is -0.874. The molecule has 1 aliphatic rings. The second kappa shape index (κ2) is 13.9. The van der Waals surface area contributed by atoms with Gasteiger partial charge in [-0.3, -0.25) is 14.4 Å². The number of amides is 1. The molecule has 2 heterocycles. The Labute approximate surface area is 196 Å². The van der Waals surface area contributed by atoms with E-state index in [-0.39, 0.29) is 24.5 Å². The third-order valence-electron chi connectivity index (χ3n) is 5.05. The lowest BCUT2D eigenvalue weighted by Crippen LogP contribution is -2.42. The summed E-state index contributed by atoms with van der Waals surface area (Å²) in [6, 6.07) is 8.00.